The smallest absolute Gasteiger partial charge is 0.255 e. The van der Waals surface area contributed by atoms with E-state index in [-0.39, 0.29) is 11.8 Å². The van der Waals surface area contributed by atoms with E-state index in [9.17, 15) is 9.59 Å². The summed E-state index contributed by atoms with van der Waals surface area (Å²) in [5.41, 5.74) is 2.40. The van der Waals surface area contributed by atoms with Gasteiger partial charge in [0.25, 0.3) is 11.8 Å². The van der Waals surface area contributed by atoms with Gasteiger partial charge in [-0.25, -0.2) is 0 Å². The normalized spacial score (nSPS) is 10.3. The molecular formula is C24H23BrN2O4. The number of hydrogen-bond donors (Lipinski definition) is 2. The predicted octanol–water partition coefficient (Wildman–Crippen LogP) is 5.04. The number of hydrogen-bond acceptors (Lipinski definition) is 4. The average Bonchev–Trinajstić information content (AvgIpc) is 2.78. The molecule has 160 valence electrons. The summed E-state index contributed by atoms with van der Waals surface area (Å²) in [6, 6.07) is 19.8. The highest BCUT2D eigenvalue weighted by molar-refractivity contribution is 9.10. The Morgan fingerprint density at radius 3 is 2.42 bits per heavy atom. The van der Waals surface area contributed by atoms with Crippen molar-refractivity contribution in [3.8, 4) is 11.5 Å². The number of nitrogens with one attached hydrogen (secondary N) is 2. The van der Waals surface area contributed by atoms with Gasteiger partial charge in [0.1, 0.15) is 6.61 Å². The zero-order valence-corrected chi connectivity index (χ0v) is 18.9. The van der Waals surface area contributed by atoms with Gasteiger partial charge in [0.15, 0.2) is 11.5 Å². The van der Waals surface area contributed by atoms with Gasteiger partial charge in [0.05, 0.1) is 11.6 Å². The summed E-state index contributed by atoms with van der Waals surface area (Å²) in [5, 5.41) is 5.55. The zero-order chi connectivity index (χ0) is 22.2. The van der Waals surface area contributed by atoms with Crippen LogP contribution >= 0.6 is 15.9 Å². The topological polar surface area (TPSA) is 76.7 Å². The van der Waals surface area contributed by atoms with Crippen LogP contribution in [0.5, 0.6) is 11.5 Å². The Hall–Kier alpha value is -3.32. The van der Waals surface area contributed by atoms with Gasteiger partial charge in [-0.3, -0.25) is 9.59 Å². The summed E-state index contributed by atoms with van der Waals surface area (Å²) in [6.07, 6.45) is 0. The molecule has 2 N–H and O–H groups in total. The summed E-state index contributed by atoms with van der Waals surface area (Å²) in [7, 11) is 1.52. The first kappa shape index (κ1) is 22.4. The largest absolute Gasteiger partial charge is 0.493 e. The van der Waals surface area contributed by atoms with E-state index in [0.717, 1.165) is 5.56 Å². The van der Waals surface area contributed by atoms with E-state index in [1.54, 1.807) is 36.4 Å². The van der Waals surface area contributed by atoms with E-state index in [2.05, 4.69) is 26.6 Å². The molecule has 0 heterocycles. The molecule has 0 atom stereocenters. The molecule has 3 aromatic carbocycles. The van der Waals surface area contributed by atoms with E-state index in [1.807, 2.05) is 37.3 Å². The van der Waals surface area contributed by atoms with Crippen molar-refractivity contribution >= 4 is 33.4 Å². The molecule has 0 saturated carbocycles. The van der Waals surface area contributed by atoms with Crippen molar-refractivity contribution in [3.63, 3.8) is 0 Å². The van der Waals surface area contributed by atoms with Crippen LogP contribution in [0.2, 0.25) is 0 Å². The van der Waals surface area contributed by atoms with Crippen LogP contribution in [0.1, 0.15) is 33.2 Å². The van der Waals surface area contributed by atoms with Crippen molar-refractivity contribution < 1.29 is 19.1 Å². The van der Waals surface area contributed by atoms with Crippen molar-refractivity contribution in [2.24, 2.45) is 0 Å². The van der Waals surface area contributed by atoms with E-state index in [4.69, 9.17) is 9.47 Å². The molecule has 7 heteroatoms. The molecule has 31 heavy (non-hydrogen) atoms. The van der Waals surface area contributed by atoms with Crippen LogP contribution in [0.4, 0.5) is 5.69 Å². The molecule has 0 aliphatic heterocycles. The van der Waals surface area contributed by atoms with Gasteiger partial charge < -0.3 is 20.1 Å². The maximum absolute atomic E-state index is 12.8. The van der Waals surface area contributed by atoms with Crippen LogP contribution in [-0.2, 0) is 6.61 Å². The first-order valence-corrected chi connectivity index (χ1v) is 10.5. The second-order valence-corrected chi connectivity index (χ2v) is 7.51. The number of carbonyl (C=O) groups is 2. The molecule has 0 radical (unpaired) electrons. The maximum atomic E-state index is 12.8. The SMILES string of the molecule is CCNC(=O)c1cccc(NC(=O)c2cc(Br)c(OCc3ccccc3)c(OC)c2)c1. The van der Waals surface area contributed by atoms with Crippen LogP contribution in [0, 0.1) is 0 Å². The number of rotatable bonds is 8. The lowest BCUT2D eigenvalue weighted by Crippen LogP contribution is -2.22. The molecule has 0 aliphatic rings. The highest BCUT2D eigenvalue weighted by atomic mass is 79.9. The van der Waals surface area contributed by atoms with E-state index in [0.29, 0.717) is 45.9 Å². The van der Waals surface area contributed by atoms with Crippen LogP contribution in [0.15, 0.2) is 71.2 Å². The molecule has 3 rings (SSSR count). The van der Waals surface area contributed by atoms with Crippen molar-refractivity contribution in [1.82, 2.24) is 5.32 Å². The number of ether oxygens (including phenoxy) is 2. The summed E-state index contributed by atoms with van der Waals surface area (Å²) >= 11 is 3.48. The van der Waals surface area contributed by atoms with Gasteiger partial charge in [-0.05, 0) is 58.7 Å². The van der Waals surface area contributed by atoms with Crippen LogP contribution in [-0.4, -0.2) is 25.5 Å². The molecule has 2 amide bonds. The summed E-state index contributed by atoms with van der Waals surface area (Å²) in [4.78, 5) is 24.8. The van der Waals surface area contributed by atoms with E-state index < -0.39 is 0 Å². The molecule has 0 spiro atoms. The highest BCUT2D eigenvalue weighted by Crippen LogP contribution is 2.37. The average molecular weight is 483 g/mol. The third-order valence-corrected chi connectivity index (χ3v) is 5.03. The second kappa shape index (κ2) is 10.6. The van der Waals surface area contributed by atoms with Crippen LogP contribution in [0.3, 0.4) is 0 Å². The number of halogens is 1. The maximum Gasteiger partial charge on any atom is 0.255 e. The van der Waals surface area contributed by atoms with Gasteiger partial charge in [0, 0.05) is 23.4 Å². The summed E-state index contributed by atoms with van der Waals surface area (Å²) in [5.74, 6) is 0.428. The van der Waals surface area contributed by atoms with Gasteiger partial charge in [-0.1, -0.05) is 36.4 Å². The fourth-order valence-corrected chi connectivity index (χ4v) is 3.48. The van der Waals surface area contributed by atoms with Crippen LogP contribution in [0.25, 0.3) is 0 Å². The van der Waals surface area contributed by atoms with Crippen molar-refractivity contribution in [3.05, 3.63) is 87.9 Å². The zero-order valence-electron chi connectivity index (χ0n) is 17.3. The lowest BCUT2D eigenvalue weighted by molar-refractivity contribution is 0.0954. The second-order valence-electron chi connectivity index (χ2n) is 6.66. The highest BCUT2D eigenvalue weighted by Gasteiger charge is 2.16. The third-order valence-electron chi connectivity index (χ3n) is 4.44. The minimum absolute atomic E-state index is 0.192. The number of amides is 2. The Labute approximate surface area is 189 Å². The fourth-order valence-electron chi connectivity index (χ4n) is 2.92. The van der Waals surface area contributed by atoms with E-state index in [1.165, 1.54) is 7.11 Å². The Balaban J connectivity index is 1.76. The van der Waals surface area contributed by atoms with Gasteiger partial charge in [0.2, 0.25) is 0 Å². The monoisotopic (exact) mass is 482 g/mol. The Kier molecular flexibility index (Phi) is 7.67. The minimum Gasteiger partial charge on any atom is -0.493 e. The molecule has 0 bridgehead atoms. The van der Waals surface area contributed by atoms with Gasteiger partial charge in [-0.2, -0.15) is 0 Å². The Bertz CT molecular complexity index is 1070. The van der Waals surface area contributed by atoms with Gasteiger partial charge >= 0.3 is 0 Å². The van der Waals surface area contributed by atoms with Gasteiger partial charge in [-0.15, -0.1) is 0 Å². The Morgan fingerprint density at radius 1 is 0.935 bits per heavy atom. The van der Waals surface area contributed by atoms with E-state index >= 15 is 0 Å². The number of methoxy groups -OCH3 is 1. The molecule has 3 aromatic rings. The van der Waals surface area contributed by atoms with Crippen molar-refractivity contribution in [2.45, 2.75) is 13.5 Å². The van der Waals surface area contributed by atoms with Crippen molar-refractivity contribution in [2.75, 3.05) is 19.0 Å². The number of carbonyl (C=O) groups excluding carboxylic acids is 2. The number of benzene rings is 3. The lowest BCUT2D eigenvalue weighted by atomic mass is 10.1. The summed E-state index contributed by atoms with van der Waals surface area (Å²) < 4.78 is 12.0. The van der Waals surface area contributed by atoms with Crippen molar-refractivity contribution in [1.29, 1.82) is 0 Å². The molecule has 0 aliphatic carbocycles. The quantitative estimate of drug-likeness (QED) is 0.471. The minimum atomic E-state index is -0.332. The van der Waals surface area contributed by atoms with Crippen LogP contribution < -0.4 is 20.1 Å². The molecule has 0 fully saturated rings. The summed E-state index contributed by atoms with van der Waals surface area (Å²) in [6.45, 7) is 2.75. The lowest BCUT2D eigenvalue weighted by Gasteiger charge is -2.15. The first-order chi connectivity index (χ1) is 15.0. The molecule has 6 nitrogen and oxygen atoms in total. The molecule has 0 saturated heterocycles. The fraction of sp³-hybridized carbons (Fsp3) is 0.167. The molecular weight excluding hydrogens is 460 g/mol. The first-order valence-electron chi connectivity index (χ1n) is 9.75. The Morgan fingerprint density at radius 2 is 1.71 bits per heavy atom. The standard InChI is InChI=1S/C24H23BrN2O4/c1-3-26-23(28)17-10-7-11-19(12-17)27-24(29)18-13-20(25)22(21(14-18)30-2)31-15-16-8-5-4-6-9-16/h4-14H,3,15H2,1-2H3,(H,26,28)(H,27,29). The number of anilines is 1. The predicted molar refractivity (Wildman–Crippen MR) is 124 cm³/mol. The molecule has 0 unspecified atom stereocenters. The third kappa shape index (κ3) is 5.86. The molecule has 0 aromatic heterocycles.